The van der Waals surface area contributed by atoms with E-state index in [2.05, 4.69) is 6.92 Å². The number of hydrogen-bond donors (Lipinski definition) is 0. The van der Waals surface area contributed by atoms with Crippen LogP contribution >= 0.6 is 0 Å². The highest BCUT2D eigenvalue weighted by Crippen LogP contribution is 2.43. The second-order valence-corrected chi connectivity index (χ2v) is 5.52. The second-order valence-electron chi connectivity index (χ2n) is 5.52. The number of benzene rings is 1. The largest absolute Gasteiger partial charge is 0.486 e. The molecular weight excluding hydrogens is 212 g/mol. The first-order valence-corrected chi connectivity index (χ1v) is 6.43. The number of ether oxygens (including phenoxy) is 1. The molecule has 1 aromatic rings. The topological polar surface area (TPSA) is 26.3 Å². The average molecular weight is 230 g/mol. The standard InChI is InChI=1S/C15H18O2/c1-10-7-12-13(16)9-15(5-3-4-6-15)17-14(12)8-11(10)2/h7-8H,3-6,9H2,1-2H3. The van der Waals surface area contributed by atoms with Crippen molar-refractivity contribution in [2.45, 2.75) is 51.6 Å². The minimum atomic E-state index is -0.175. The maximum Gasteiger partial charge on any atom is 0.170 e. The zero-order valence-electron chi connectivity index (χ0n) is 10.5. The maximum absolute atomic E-state index is 12.2. The van der Waals surface area contributed by atoms with Crippen LogP contribution in [-0.2, 0) is 0 Å². The summed E-state index contributed by atoms with van der Waals surface area (Å²) in [4.78, 5) is 12.2. The van der Waals surface area contributed by atoms with Gasteiger partial charge in [0.25, 0.3) is 0 Å². The van der Waals surface area contributed by atoms with Crippen LogP contribution < -0.4 is 4.74 Å². The number of Topliss-reactive ketones (excluding diaryl/α,β-unsaturated/α-hetero) is 1. The molecule has 2 aliphatic rings. The Balaban J connectivity index is 2.06. The van der Waals surface area contributed by atoms with Crippen LogP contribution in [0.5, 0.6) is 5.75 Å². The quantitative estimate of drug-likeness (QED) is 0.681. The molecule has 0 unspecified atom stereocenters. The molecule has 0 saturated heterocycles. The smallest absolute Gasteiger partial charge is 0.170 e. The first kappa shape index (κ1) is 10.8. The highest BCUT2D eigenvalue weighted by Gasteiger charge is 2.42. The van der Waals surface area contributed by atoms with Gasteiger partial charge in [0.1, 0.15) is 11.4 Å². The Morgan fingerprint density at radius 2 is 1.76 bits per heavy atom. The SMILES string of the molecule is Cc1cc2c(cc1C)C(=O)CC1(CCCC1)O2. The van der Waals surface area contributed by atoms with Crippen LogP contribution in [0.1, 0.15) is 53.6 Å². The summed E-state index contributed by atoms with van der Waals surface area (Å²) in [7, 11) is 0. The first-order chi connectivity index (χ1) is 8.10. The highest BCUT2D eigenvalue weighted by molar-refractivity contribution is 6.00. The first-order valence-electron chi connectivity index (χ1n) is 6.43. The lowest BCUT2D eigenvalue weighted by atomic mass is 9.87. The molecule has 2 nitrogen and oxygen atoms in total. The molecule has 1 fully saturated rings. The zero-order chi connectivity index (χ0) is 12.0. The number of hydrogen-bond acceptors (Lipinski definition) is 2. The van der Waals surface area contributed by atoms with E-state index in [9.17, 15) is 4.79 Å². The minimum absolute atomic E-state index is 0.175. The van der Waals surface area contributed by atoms with Gasteiger partial charge >= 0.3 is 0 Å². The minimum Gasteiger partial charge on any atom is -0.486 e. The van der Waals surface area contributed by atoms with Crippen molar-refractivity contribution in [1.82, 2.24) is 0 Å². The third-order valence-electron chi connectivity index (χ3n) is 4.22. The highest BCUT2D eigenvalue weighted by atomic mass is 16.5. The molecule has 17 heavy (non-hydrogen) atoms. The van der Waals surface area contributed by atoms with Crippen LogP contribution in [0, 0.1) is 13.8 Å². The van der Waals surface area contributed by atoms with Gasteiger partial charge in [-0.05, 0) is 62.8 Å². The van der Waals surface area contributed by atoms with Crippen molar-refractivity contribution in [3.8, 4) is 5.75 Å². The van der Waals surface area contributed by atoms with Crippen molar-refractivity contribution in [3.05, 3.63) is 28.8 Å². The third-order valence-corrected chi connectivity index (χ3v) is 4.22. The molecule has 1 aromatic carbocycles. The van der Waals surface area contributed by atoms with Crippen LogP contribution in [0.2, 0.25) is 0 Å². The average Bonchev–Trinajstić information content (AvgIpc) is 2.70. The third kappa shape index (κ3) is 1.67. The molecular formula is C15H18O2. The van der Waals surface area contributed by atoms with E-state index in [1.807, 2.05) is 19.1 Å². The van der Waals surface area contributed by atoms with Crippen molar-refractivity contribution in [2.24, 2.45) is 0 Å². The molecule has 1 aliphatic heterocycles. The Bertz CT molecular complexity index is 482. The predicted octanol–water partition coefficient (Wildman–Crippen LogP) is 3.58. The van der Waals surface area contributed by atoms with Gasteiger partial charge in [0, 0.05) is 0 Å². The van der Waals surface area contributed by atoms with E-state index in [1.54, 1.807) is 0 Å². The van der Waals surface area contributed by atoms with Gasteiger partial charge in [0.15, 0.2) is 5.78 Å². The molecule has 0 amide bonds. The lowest BCUT2D eigenvalue weighted by Crippen LogP contribution is -2.39. The number of carbonyl (C=O) groups excluding carboxylic acids is 1. The van der Waals surface area contributed by atoms with E-state index in [1.165, 1.54) is 24.0 Å². The van der Waals surface area contributed by atoms with Crippen molar-refractivity contribution in [3.63, 3.8) is 0 Å². The van der Waals surface area contributed by atoms with Gasteiger partial charge in [-0.2, -0.15) is 0 Å². The van der Waals surface area contributed by atoms with Crippen molar-refractivity contribution < 1.29 is 9.53 Å². The molecule has 0 bridgehead atoms. The Hall–Kier alpha value is -1.31. The summed E-state index contributed by atoms with van der Waals surface area (Å²) < 4.78 is 6.17. The molecule has 3 rings (SSSR count). The molecule has 1 saturated carbocycles. The fourth-order valence-corrected chi connectivity index (χ4v) is 3.05. The van der Waals surface area contributed by atoms with E-state index in [4.69, 9.17) is 4.74 Å². The number of carbonyl (C=O) groups is 1. The summed E-state index contributed by atoms with van der Waals surface area (Å²) in [5, 5.41) is 0. The van der Waals surface area contributed by atoms with Gasteiger partial charge in [0.05, 0.1) is 12.0 Å². The van der Waals surface area contributed by atoms with Crippen LogP contribution in [0.4, 0.5) is 0 Å². The van der Waals surface area contributed by atoms with Crippen LogP contribution in [0.15, 0.2) is 12.1 Å². The van der Waals surface area contributed by atoms with Crippen molar-refractivity contribution in [2.75, 3.05) is 0 Å². The lowest BCUT2D eigenvalue weighted by molar-refractivity contribution is 0.0450. The number of rotatable bonds is 0. The molecule has 1 heterocycles. The molecule has 0 aromatic heterocycles. The van der Waals surface area contributed by atoms with Crippen LogP contribution in [0.25, 0.3) is 0 Å². The van der Waals surface area contributed by atoms with E-state index in [-0.39, 0.29) is 11.4 Å². The van der Waals surface area contributed by atoms with Gasteiger partial charge in [-0.3, -0.25) is 4.79 Å². The summed E-state index contributed by atoms with van der Waals surface area (Å²) in [5.74, 6) is 1.07. The Labute approximate surface area is 102 Å². The van der Waals surface area contributed by atoms with Crippen LogP contribution in [0.3, 0.4) is 0 Å². The molecule has 1 spiro atoms. The van der Waals surface area contributed by atoms with Gasteiger partial charge in [-0.15, -0.1) is 0 Å². The van der Waals surface area contributed by atoms with E-state index in [0.29, 0.717) is 6.42 Å². The fraction of sp³-hybridized carbons (Fsp3) is 0.533. The van der Waals surface area contributed by atoms with E-state index in [0.717, 1.165) is 24.2 Å². The molecule has 90 valence electrons. The summed E-state index contributed by atoms with van der Waals surface area (Å²) in [6.45, 7) is 4.11. The van der Waals surface area contributed by atoms with Gasteiger partial charge < -0.3 is 4.74 Å². The van der Waals surface area contributed by atoms with Crippen molar-refractivity contribution in [1.29, 1.82) is 0 Å². The van der Waals surface area contributed by atoms with Crippen molar-refractivity contribution >= 4 is 5.78 Å². The summed E-state index contributed by atoms with van der Waals surface area (Å²) in [6, 6.07) is 4.01. The Morgan fingerprint density at radius 1 is 1.12 bits per heavy atom. The fourth-order valence-electron chi connectivity index (χ4n) is 3.05. The molecule has 0 radical (unpaired) electrons. The lowest BCUT2D eigenvalue weighted by Gasteiger charge is -2.35. The zero-order valence-corrected chi connectivity index (χ0v) is 10.5. The predicted molar refractivity (Wildman–Crippen MR) is 66.7 cm³/mol. The normalized spacial score (nSPS) is 21.4. The second kappa shape index (κ2) is 3.59. The monoisotopic (exact) mass is 230 g/mol. The molecule has 0 N–H and O–H groups in total. The van der Waals surface area contributed by atoms with Gasteiger partial charge in [-0.1, -0.05) is 0 Å². The summed E-state index contributed by atoms with van der Waals surface area (Å²) >= 11 is 0. The Kier molecular flexibility index (Phi) is 2.29. The number of fused-ring (bicyclic) bond motifs is 1. The summed E-state index contributed by atoms with van der Waals surface area (Å²) in [5.41, 5.74) is 2.98. The molecule has 0 atom stereocenters. The van der Waals surface area contributed by atoms with Crippen LogP contribution in [-0.4, -0.2) is 11.4 Å². The van der Waals surface area contributed by atoms with Gasteiger partial charge in [-0.25, -0.2) is 0 Å². The Morgan fingerprint density at radius 3 is 2.47 bits per heavy atom. The summed E-state index contributed by atoms with van der Waals surface area (Å²) in [6.07, 6.45) is 5.01. The maximum atomic E-state index is 12.2. The number of aryl methyl sites for hydroxylation is 2. The number of ketones is 1. The molecule has 2 heteroatoms. The van der Waals surface area contributed by atoms with E-state index >= 15 is 0 Å². The van der Waals surface area contributed by atoms with Gasteiger partial charge in [0.2, 0.25) is 0 Å². The molecule has 1 aliphatic carbocycles. The van der Waals surface area contributed by atoms with E-state index < -0.39 is 0 Å².